The van der Waals surface area contributed by atoms with Gasteiger partial charge in [-0.15, -0.1) is 0 Å². The van der Waals surface area contributed by atoms with Crippen molar-refractivity contribution in [1.82, 2.24) is 9.62 Å². The normalized spacial score (nSPS) is 22.5. The van der Waals surface area contributed by atoms with Crippen LogP contribution in [0.25, 0.3) is 0 Å². The van der Waals surface area contributed by atoms with Crippen LogP contribution >= 0.6 is 11.6 Å². The SMILES string of the molecule is O=C(Nc1ccc(Cl)c(S(=O)(=O)N2CCCC2)c1)C1COCCN1. The molecule has 2 aliphatic heterocycles. The summed E-state index contributed by atoms with van der Waals surface area (Å²) < 4.78 is 32.1. The number of carbonyl (C=O) groups excluding carboxylic acids is 1. The molecule has 0 aliphatic carbocycles. The van der Waals surface area contributed by atoms with E-state index in [1.807, 2.05) is 0 Å². The standard InChI is InChI=1S/C15H20ClN3O4S/c16-12-4-3-11(18-15(20)13-10-23-8-5-17-13)9-14(12)24(21,22)19-6-1-2-7-19/h3-4,9,13,17H,1-2,5-8,10H2,(H,18,20). The Labute approximate surface area is 146 Å². The first-order chi connectivity index (χ1) is 11.5. The molecule has 2 fully saturated rings. The van der Waals surface area contributed by atoms with Gasteiger partial charge in [0.15, 0.2) is 0 Å². The molecule has 2 saturated heterocycles. The zero-order valence-electron chi connectivity index (χ0n) is 13.1. The number of sulfonamides is 1. The summed E-state index contributed by atoms with van der Waals surface area (Å²) >= 11 is 6.09. The summed E-state index contributed by atoms with van der Waals surface area (Å²) in [6.07, 6.45) is 1.70. The second kappa shape index (κ2) is 7.37. The van der Waals surface area contributed by atoms with Crippen LogP contribution in [0.1, 0.15) is 12.8 Å². The lowest BCUT2D eigenvalue weighted by atomic mass is 10.2. The molecular weight excluding hydrogens is 354 g/mol. The van der Waals surface area contributed by atoms with E-state index in [1.54, 1.807) is 6.07 Å². The number of nitrogens with zero attached hydrogens (tertiary/aromatic N) is 1. The summed E-state index contributed by atoms with van der Waals surface area (Å²) in [5.41, 5.74) is 0.398. The topological polar surface area (TPSA) is 87.7 Å². The van der Waals surface area contributed by atoms with E-state index in [2.05, 4.69) is 10.6 Å². The van der Waals surface area contributed by atoms with Crippen LogP contribution in [0.2, 0.25) is 5.02 Å². The Bertz CT molecular complexity index is 713. The number of carbonyl (C=O) groups is 1. The molecule has 3 rings (SSSR count). The van der Waals surface area contributed by atoms with Gasteiger partial charge in [-0.1, -0.05) is 11.6 Å². The maximum absolute atomic E-state index is 12.7. The summed E-state index contributed by atoms with van der Waals surface area (Å²) in [5, 5.41) is 5.92. The number of ether oxygens (including phenoxy) is 1. The minimum Gasteiger partial charge on any atom is -0.378 e. The van der Waals surface area contributed by atoms with Crippen molar-refractivity contribution < 1.29 is 17.9 Å². The van der Waals surface area contributed by atoms with Gasteiger partial charge in [0, 0.05) is 25.3 Å². The van der Waals surface area contributed by atoms with Crippen molar-refractivity contribution in [3.8, 4) is 0 Å². The number of hydrogen-bond donors (Lipinski definition) is 2. The van der Waals surface area contributed by atoms with Gasteiger partial charge in [-0.05, 0) is 31.0 Å². The molecule has 2 aliphatic rings. The highest BCUT2D eigenvalue weighted by Crippen LogP contribution is 2.29. The average Bonchev–Trinajstić information content (AvgIpc) is 3.12. The van der Waals surface area contributed by atoms with E-state index in [0.717, 1.165) is 12.8 Å². The highest BCUT2D eigenvalue weighted by molar-refractivity contribution is 7.89. The summed E-state index contributed by atoms with van der Waals surface area (Å²) in [6.45, 7) is 2.46. The molecule has 0 radical (unpaired) electrons. The van der Waals surface area contributed by atoms with E-state index in [9.17, 15) is 13.2 Å². The van der Waals surface area contributed by atoms with E-state index in [-0.39, 0.29) is 15.8 Å². The molecule has 24 heavy (non-hydrogen) atoms. The lowest BCUT2D eigenvalue weighted by Gasteiger charge is -2.23. The highest BCUT2D eigenvalue weighted by Gasteiger charge is 2.29. The van der Waals surface area contributed by atoms with E-state index in [1.165, 1.54) is 16.4 Å². The third-order valence-corrected chi connectivity index (χ3v) is 6.50. The number of rotatable bonds is 4. The van der Waals surface area contributed by atoms with Crippen LogP contribution in [0.4, 0.5) is 5.69 Å². The zero-order valence-corrected chi connectivity index (χ0v) is 14.7. The van der Waals surface area contributed by atoms with Crippen molar-refractivity contribution in [3.05, 3.63) is 23.2 Å². The molecule has 2 N–H and O–H groups in total. The van der Waals surface area contributed by atoms with E-state index >= 15 is 0 Å². The van der Waals surface area contributed by atoms with Gasteiger partial charge >= 0.3 is 0 Å². The van der Waals surface area contributed by atoms with Crippen molar-refractivity contribution in [2.24, 2.45) is 0 Å². The monoisotopic (exact) mass is 373 g/mol. The van der Waals surface area contributed by atoms with Crippen molar-refractivity contribution >= 4 is 33.2 Å². The number of hydrogen-bond acceptors (Lipinski definition) is 5. The van der Waals surface area contributed by atoms with Gasteiger partial charge in [-0.3, -0.25) is 4.79 Å². The fourth-order valence-corrected chi connectivity index (χ4v) is 4.83. The number of morpholine rings is 1. The molecule has 0 aromatic heterocycles. The molecule has 1 aromatic carbocycles. The first-order valence-corrected chi connectivity index (χ1v) is 9.72. The molecule has 0 saturated carbocycles. The highest BCUT2D eigenvalue weighted by atomic mass is 35.5. The van der Waals surface area contributed by atoms with Crippen LogP contribution in [-0.2, 0) is 19.6 Å². The predicted octanol–water partition coefficient (Wildman–Crippen LogP) is 1.05. The van der Waals surface area contributed by atoms with Crippen molar-refractivity contribution in [2.75, 3.05) is 38.2 Å². The molecule has 7 nitrogen and oxygen atoms in total. The average molecular weight is 374 g/mol. The van der Waals surface area contributed by atoms with Crippen molar-refractivity contribution in [2.45, 2.75) is 23.8 Å². The Kier molecular flexibility index (Phi) is 5.41. The van der Waals surface area contributed by atoms with E-state index in [0.29, 0.717) is 38.5 Å². The van der Waals surface area contributed by atoms with Gasteiger partial charge in [0.25, 0.3) is 0 Å². The predicted molar refractivity (Wildman–Crippen MR) is 90.7 cm³/mol. The van der Waals surface area contributed by atoms with Crippen molar-refractivity contribution in [1.29, 1.82) is 0 Å². The minimum absolute atomic E-state index is 0.0247. The van der Waals surface area contributed by atoms with Crippen LogP contribution < -0.4 is 10.6 Å². The number of nitrogens with one attached hydrogen (secondary N) is 2. The smallest absolute Gasteiger partial charge is 0.244 e. The Balaban J connectivity index is 1.79. The summed E-state index contributed by atoms with van der Waals surface area (Å²) in [4.78, 5) is 12.2. The second-order valence-corrected chi connectivity index (χ2v) is 8.14. The summed E-state index contributed by atoms with van der Waals surface area (Å²) in [7, 11) is -3.64. The third-order valence-electron chi connectivity index (χ3n) is 4.12. The number of amides is 1. The lowest BCUT2D eigenvalue weighted by Crippen LogP contribution is -2.48. The molecule has 2 heterocycles. The number of anilines is 1. The van der Waals surface area contributed by atoms with E-state index in [4.69, 9.17) is 16.3 Å². The van der Waals surface area contributed by atoms with Gasteiger partial charge in [0.1, 0.15) is 10.9 Å². The molecule has 1 amide bonds. The molecular formula is C15H20ClN3O4S. The first-order valence-electron chi connectivity index (χ1n) is 7.90. The number of halogens is 1. The van der Waals surface area contributed by atoms with Crippen LogP contribution in [-0.4, -0.2) is 57.5 Å². The Hall–Kier alpha value is -1.19. The molecule has 132 valence electrons. The maximum Gasteiger partial charge on any atom is 0.244 e. The summed E-state index contributed by atoms with van der Waals surface area (Å²) in [6, 6.07) is 4.04. The van der Waals surface area contributed by atoms with Crippen LogP contribution in [0, 0.1) is 0 Å². The van der Waals surface area contributed by atoms with Crippen LogP contribution in [0.5, 0.6) is 0 Å². The largest absolute Gasteiger partial charge is 0.378 e. The molecule has 0 bridgehead atoms. The molecule has 1 atom stereocenters. The van der Waals surface area contributed by atoms with Crippen LogP contribution in [0.15, 0.2) is 23.1 Å². The van der Waals surface area contributed by atoms with E-state index < -0.39 is 16.1 Å². The lowest BCUT2D eigenvalue weighted by molar-refractivity contribution is -0.120. The third kappa shape index (κ3) is 3.73. The van der Waals surface area contributed by atoms with Gasteiger partial charge in [0.05, 0.1) is 18.2 Å². The molecule has 0 spiro atoms. The molecule has 1 unspecified atom stereocenters. The quantitative estimate of drug-likeness (QED) is 0.823. The Morgan fingerprint density at radius 2 is 2.08 bits per heavy atom. The fourth-order valence-electron chi connectivity index (χ4n) is 2.81. The maximum atomic E-state index is 12.7. The van der Waals surface area contributed by atoms with Crippen molar-refractivity contribution in [3.63, 3.8) is 0 Å². The second-order valence-electron chi connectivity index (χ2n) is 5.83. The Morgan fingerprint density at radius 3 is 2.75 bits per heavy atom. The number of benzene rings is 1. The zero-order chi connectivity index (χ0) is 17.2. The van der Waals surface area contributed by atoms with Gasteiger partial charge in [0.2, 0.25) is 15.9 Å². The van der Waals surface area contributed by atoms with Gasteiger partial charge < -0.3 is 15.4 Å². The Morgan fingerprint density at radius 1 is 1.33 bits per heavy atom. The first kappa shape index (κ1) is 17.6. The summed E-state index contributed by atoms with van der Waals surface area (Å²) in [5.74, 6) is -0.262. The van der Waals surface area contributed by atoms with Gasteiger partial charge in [-0.2, -0.15) is 4.31 Å². The molecule has 1 aromatic rings. The minimum atomic E-state index is -3.64. The van der Waals surface area contributed by atoms with Gasteiger partial charge in [-0.25, -0.2) is 8.42 Å². The molecule has 9 heteroatoms. The van der Waals surface area contributed by atoms with Crippen LogP contribution in [0.3, 0.4) is 0 Å². The fraction of sp³-hybridized carbons (Fsp3) is 0.533.